The van der Waals surface area contributed by atoms with Crippen molar-refractivity contribution in [3.05, 3.63) is 107 Å². The Kier molecular flexibility index (Phi) is 5.78. The summed E-state index contributed by atoms with van der Waals surface area (Å²) in [7, 11) is 1.32. The third kappa shape index (κ3) is 3.80. The van der Waals surface area contributed by atoms with Crippen molar-refractivity contribution in [2.24, 2.45) is 5.92 Å². The maximum Gasteiger partial charge on any atom is 0.337 e. The van der Waals surface area contributed by atoms with Gasteiger partial charge in [0.2, 0.25) is 5.91 Å². The number of halogens is 1. The van der Waals surface area contributed by atoms with Crippen LogP contribution in [-0.2, 0) is 19.2 Å². The summed E-state index contributed by atoms with van der Waals surface area (Å²) in [4.78, 5) is 47.2. The molecule has 3 atom stereocenters. The van der Waals surface area contributed by atoms with Crippen LogP contribution >= 0.6 is 15.9 Å². The van der Waals surface area contributed by atoms with Crippen molar-refractivity contribution in [2.75, 3.05) is 17.1 Å². The summed E-state index contributed by atoms with van der Waals surface area (Å²) in [6.45, 7) is 0. The first-order chi connectivity index (χ1) is 18.0. The Morgan fingerprint density at radius 2 is 1.57 bits per heavy atom. The Balaban J connectivity index is 1.44. The molecule has 0 saturated carbocycles. The largest absolute Gasteiger partial charge is 0.465 e. The van der Waals surface area contributed by atoms with Gasteiger partial charge in [0.15, 0.2) is 6.10 Å². The minimum Gasteiger partial charge on any atom is -0.465 e. The number of ether oxygens (including phenoxy) is 1. The highest BCUT2D eigenvalue weighted by Gasteiger charge is 2.60. The van der Waals surface area contributed by atoms with Gasteiger partial charge >= 0.3 is 5.97 Å². The number of benzene rings is 4. The van der Waals surface area contributed by atoms with E-state index in [0.717, 1.165) is 20.8 Å². The maximum absolute atomic E-state index is 14.0. The van der Waals surface area contributed by atoms with Crippen molar-refractivity contribution in [3.8, 4) is 0 Å². The lowest BCUT2D eigenvalue weighted by molar-refractivity contribution is -0.126. The highest BCUT2D eigenvalue weighted by Crippen LogP contribution is 2.48. The lowest BCUT2D eigenvalue weighted by atomic mass is 9.90. The predicted octanol–water partition coefficient (Wildman–Crippen LogP) is 5.44. The zero-order valence-corrected chi connectivity index (χ0v) is 21.3. The summed E-state index contributed by atoms with van der Waals surface area (Å²) in [5.41, 5.74) is 2.38. The fourth-order valence-electron chi connectivity index (χ4n) is 5.14. The number of hydrogen-bond acceptors (Lipinski definition) is 6. The molecule has 8 heteroatoms. The van der Waals surface area contributed by atoms with Crippen LogP contribution in [0.25, 0.3) is 10.8 Å². The summed E-state index contributed by atoms with van der Waals surface area (Å²) in [5, 5.41) is 3.38. The van der Waals surface area contributed by atoms with Crippen LogP contribution in [0.3, 0.4) is 0 Å². The van der Waals surface area contributed by atoms with Crippen LogP contribution < -0.4 is 9.96 Å². The molecule has 0 aliphatic carbocycles. The van der Waals surface area contributed by atoms with Crippen LogP contribution in [0.5, 0.6) is 0 Å². The second-order valence-electron chi connectivity index (χ2n) is 8.92. The standard InChI is InChI=1S/C29H21BrN2O5/c1-36-29(35)19-11-9-18(10-12-19)25-24-26(37-32(25)21-15-13-20(30)14-16-21)28(34)31(27(24)33)23-8-4-6-17-5-2-3-7-22(17)23/h2-16,24-26H,1H3/t24-,25+,26-/m1/s1. The van der Waals surface area contributed by atoms with Gasteiger partial charge in [-0.15, -0.1) is 0 Å². The smallest absolute Gasteiger partial charge is 0.337 e. The van der Waals surface area contributed by atoms with E-state index in [-0.39, 0.29) is 5.91 Å². The van der Waals surface area contributed by atoms with Gasteiger partial charge in [-0.3, -0.25) is 14.4 Å². The Morgan fingerprint density at radius 1 is 0.865 bits per heavy atom. The molecule has 2 saturated heterocycles. The Hall–Kier alpha value is -4.01. The fourth-order valence-corrected chi connectivity index (χ4v) is 5.40. The average Bonchev–Trinajstić information content (AvgIpc) is 3.44. The molecule has 0 bridgehead atoms. The number of fused-ring (bicyclic) bond motifs is 2. The molecular weight excluding hydrogens is 536 g/mol. The fraction of sp³-hybridized carbons (Fsp3) is 0.138. The molecule has 0 radical (unpaired) electrons. The van der Waals surface area contributed by atoms with Gasteiger partial charge < -0.3 is 4.74 Å². The van der Waals surface area contributed by atoms with Crippen LogP contribution in [0.15, 0.2) is 95.5 Å². The number of esters is 1. The molecule has 0 spiro atoms. The van der Waals surface area contributed by atoms with Gasteiger partial charge in [0.25, 0.3) is 5.91 Å². The predicted molar refractivity (Wildman–Crippen MR) is 142 cm³/mol. The van der Waals surface area contributed by atoms with Crippen molar-refractivity contribution >= 4 is 55.9 Å². The molecule has 4 aromatic carbocycles. The molecule has 2 fully saturated rings. The zero-order chi connectivity index (χ0) is 25.7. The second kappa shape index (κ2) is 9.14. The SMILES string of the molecule is COC(=O)c1ccc([C@H]2[C@H]3C(=O)N(c4cccc5ccccc45)C(=O)[C@@H]3ON2c2ccc(Br)cc2)cc1. The van der Waals surface area contributed by atoms with Gasteiger partial charge in [0.05, 0.1) is 30.1 Å². The maximum atomic E-state index is 14.0. The summed E-state index contributed by atoms with van der Waals surface area (Å²) < 4.78 is 5.71. The normalized spacial score (nSPS) is 21.0. The van der Waals surface area contributed by atoms with E-state index in [1.165, 1.54) is 12.0 Å². The van der Waals surface area contributed by atoms with E-state index in [4.69, 9.17) is 9.57 Å². The first-order valence-electron chi connectivity index (χ1n) is 11.7. The molecule has 37 heavy (non-hydrogen) atoms. The van der Waals surface area contributed by atoms with Crippen molar-refractivity contribution in [1.29, 1.82) is 0 Å². The molecule has 2 heterocycles. The van der Waals surface area contributed by atoms with Crippen LogP contribution in [0.2, 0.25) is 0 Å². The Labute approximate surface area is 221 Å². The van der Waals surface area contributed by atoms with Gasteiger partial charge in [-0.05, 0) is 53.4 Å². The summed E-state index contributed by atoms with van der Waals surface area (Å²) in [6, 6.07) is 26.9. The third-order valence-electron chi connectivity index (χ3n) is 6.88. The first kappa shape index (κ1) is 23.4. The molecule has 184 valence electrons. The number of anilines is 2. The first-order valence-corrected chi connectivity index (χ1v) is 12.5. The van der Waals surface area contributed by atoms with Crippen molar-refractivity contribution < 1.29 is 24.0 Å². The zero-order valence-electron chi connectivity index (χ0n) is 19.7. The molecular formula is C29H21BrN2O5. The van der Waals surface area contributed by atoms with Crippen LogP contribution in [0.4, 0.5) is 11.4 Å². The molecule has 0 unspecified atom stereocenters. The number of hydroxylamine groups is 1. The number of amides is 2. The Morgan fingerprint density at radius 3 is 2.30 bits per heavy atom. The van der Waals surface area contributed by atoms with Gasteiger partial charge in [0, 0.05) is 9.86 Å². The number of rotatable bonds is 4. The molecule has 2 aliphatic rings. The van der Waals surface area contributed by atoms with E-state index in [2.05, 4.69) is 15.9 Å². The van der Waals surface area contributed by atoms with Crippen LogP contribution in [0.1, 0.15) is 22.0 Å². The molecule has 2 amide bonds. The number of nitrogens with zero attached hydrogens (tertiary/aromatic N) is 2. The minimum atomic E-state index is -0.986. The van der Waals surface area contributed by atoms with Crippen molar-refractivity contribution in [1.82, 2.24) is 0 Å². The average molecular weight is 557 g/mol. The van der Waals surface area contributed by atoms with Gasteiger partial charge in [-0.25, -0.2) is 14.8 Å². The quantitative estimate of drug-likeness (QED) is 0.246. The number of imide groups is 1. The van der Waals surface area contributed by atoms with Gasteiger partial charge in [-0.1, -0.05) is 64.5 Å². The number of hydrogen-bond donors (Lipinski definition) is 0. The summed E-state index contributed by atoms with van der Waals surface area (Å²) >= 11 is 3.45. The number of carbonyl (C=O) groups is 3. The van der Waals surface area contributed by atoms with Gasteiger partial charge in [-0.2, -0.15) is 0 Å². The van der Waals surface area contributed by atoms with Gasteiger partial charge in [0.1, 0.15) is 5.92 Å². The lowest BCUT2D eigenvalue weighted by Gasteiger charge is -2.29. The van der Waals surface area contributed by atoms with Crippen molar-refractivity contribution in [3.63, 3.8) is 0 Å². The molecule has 0 N–H and O–H groups in total. The number of carbonyl (C=O) groups excluding carboxylic acids is 3. The van der Waals surface area contributed by atoms with E-state index in [1.54, 1.807) is 35.4 Å². The minimum absolute atomic E-state index is 0.326. The second-order valence-corrected chi connectivity index (χ2v) is 9.84. The Bertz CT molecular complexity index is 1530. The van der Waals surface area contributed by atoms with E-state index < -0.39 is 29.9 Å². The van der Waals surface area contributed by atoms with Crippen LogP contribution in [-0.4, -0.2) is 31.0 Å². The molecule has 2 aliphatic heterocycles. The topological polar surface area (TPSA) is 76.2 Å². The third-order valence-corrected chi connectivity index (χ3v) is 7.41. The molecule has 6 rings (SSSR count). The van der Waals surface area contributed by atoms with E-state index in [1.807, 2.05) is 60.7 Å². The van der Waals surface area contributed by atoms with Crippen LogP contribution in [0, 0.1) is 5.92 Å². The summed E-state index contributed by atoms with van der Waals surface area (Å²) in [5.74, 6) is -1.96. The molecule has 0 aromatic heterocycles. The summed E-state index contributed by atoms with van der Waals surface area (Å²) in [6.07, 6.45) is -0.986. The monoisotopic (exact) mass is 556 g/mol. The highest BCUT2D eigenvalue weighted by molar-refractivity contribution is 9.10. The van der Waals surface area contributed by atoms with E-state index in [0.29, 0.717) is 16.9 Å². The van der Waals surface area contributed by atoms with E-state index >= 15 is 0 Å². The molecule has 4 aromatic rings. The number of methoxy groups -OCH3 is 1. The van der Waals surface area contributed by atoms with E-state index in [9.17, 15) is 14.4 Å². The lowest BCUT2D eigenvalue weighted by Crippen LogP contribution is -2.37. The molecule has 7 nitrogen and oxygen atoms in total. The van der Waals surface area contributed by atoms with Crippen molar-refractivity contribution in [2.45, 2.75) is 12.1 Å². The highest BCUT2D eigenvalue weighted by atomic mass is 79.9.